The van der Waals surface area contributed by atoms with Gasteiger partial charge in [0, 0.05) is 0 Å². The minimum absolute atomic E-state index is 0.436. The number of hydrogen-bond donors (Lipinski definition) is 1. The summed E-state index contributed by atoms with van der Waals surface area (Å²) in [5.41, 5.74) is 0. The van der Waals surface area contributed by atoms with Gasteiger partial charge in [-0.3, -0.25) is 4.18 Å². The fourth-order valence-electron chi connectivity index (χ4n) is 0.990. The molecule has 3 atom stereocenters. The second kappa shape index (κ2) is 3.38. The number of aliphatic hydroxyl groups is 1. The summed E-state index contributed by atoms with van der Waals surface area (Å²) in [5, 5.41) is 9.00. The van der Waals surface area contributed by atoms with E-state index in [0.29, 0.717) is 0 Å². The van der Waals surface area contributed by atoms with Crippen LogP contribution in [0.1, 0.15) is 0 Å². The van der Waals surface area contributed by atoms with Gasteiger partial charge in [-0.05, 0) is 0 Å². The van der Waals surface area contributed by atoms with Crippen molar-refractivity contribution in [3.8, 4) is 0 Å². The average Bonchev–Trinajstić information content (AvgIpc) is 2.03. The van der Waals surface area contributed by atoms with E-state index in [-0.39, 0.29) is 0 Å². The lowest BCUT2D eigenvalue weighted by Gasteiger charge is -2.14. The third-order valence-corrected chi connectivity index (χ3v) is 3.56. The van der Waals surface area contributed by atoms with Gasteiger partial charge in [0.2, 0.25) is 0 Å². The summed E-state index contributed by atoms with van der Waals surface area (Å²) in [6, 6.07) is 0. The van der Waals surface area contributed by atoms with Crippen LogP contribution in [-0.2, 0) is 25.4 Å². The zero-order chi connectivity index (χ0) is 9.35. The maximum absolute atomic E-state index is 10.8. The minimum atomic E-state index is -3.34. The van der Waals surface area contributed by atoms with E-state index in [0.717, 1.165) is 0 Å². The van der Waals surface area contributed by atoms with Crippen LogP contribution in [0.4, 0.5) is 0 Å². The SMILES string of the molecule is O=S([O-])OC1CS(=O)(=O)CC1O. The minimum Gasteiger partial charge on any atom is -0.750 e. The van der Waals surface area contributed by atoms with Gasteiger partial charge in [-0.25, -0.2) is 12.6 Å². The zero-order valence-electron chi connectivity index (χ0n) is 5.87. The lowest BCUT2D eigenvalue weighted by atomic mass is 10.3. The Kier molecular flexibility index (Phi) is 2.84. The maximum atomic E-state index is 10.8. The quantitative estimate of drug-likeness (QED) is 0.532. The highest BCUT2D eigenvalue weighted by Gasteiger charge is 2.37. The summed E-state index contributed by atoms with van der Waals surface area (Å²) < 4.78 is 45.7. The van der Waals surface area contributed by atoms with Crippen LogP contribution >= 0.6 is 0 Å². The molecule has 1 aliphatic heterocycles. The molecule has 3 unspecified atom stereocenters. The molecule has 0 aromatic rings. The van der Waals surface area contributed by atoms with Gasteiger partial charge in [0.05, 0.1) is 29.0 Å². The Balaban J connectivity index is 2.64. The van der Waals surface area contributed by atoms with Crippen molar-refractivity contribution in [1.82, 2.24) is 0 Å². The van der Waals surface area contributed by atoms with E-state index in [1.54, 1.807) is 0 Å². The third kappa shape index (κ3) is 2.49. The van der Waals surface area contributed by atoms with Gasteiger partial charge in [-0.1, -0.05) is 0 Å². The molecule has 72 valence electrons. The fourth-order valence-corrected chi connectivity index (χ4v) is 3.14. The van der Waals surface area contributed by atoms with Crippen LogP contribution in [0.5, 0.6) is 0 Å². The van der Waals surface area contributed by atoms with Crippen LogP contribution in [0, 0.1) is 0 Å². The molecule has 1 aliphatic rings. The molecule has 1 rings (SSSR count). The highest BCUT2D eigenvalue weighted by atomic mass is 32.2. The predicted octanol–water partition coefficient (Wildman–Crippen LogP) is -2.04. The molecule has 0 saturated carbocycles. The number of aliphatic hydroxyl groups excluding tert-OH is 1. The van der Waals surface area contributed by atoms with Crippen LogP contribution in [0.3, 0.4) is 0 Å². The summed E-state index contributed by atoms with van der Waals surface area (Å²) in [5.74, 6) is -0.878. The number of hydrogen-bond acceptors (Lipinski definition) is 6. The van der Waals surface area contributed by atoms with E-state index in [1.165, 1.54) is 0 Å². The first-order valence-electron chi connectivity index (χ1n) is 3.05. The van der Waals surface area contributed by atoms with Crippen molar-refractivity contribution in [3.63, 3.8) is 0 Å². The van der Waals surface area contributed by atoms with Crippen LogP contribution in [0.2, 0.25) is 0 Å². The molecule has 6 nitrogen and oxygen atoms in total. The Hall–Kier alpha value is -0.0200. The van der Waals surface area contributed by atoms with Gasteiger partial charge in [0.1, 0.15) is 6.10 Å². The Labute approximate surface area is 71.9 Å². The third-order valence-electron chi connectivity index (χ3n) is 1.47. The second-order valence-corrected chi connectivity index (χ2v) is 5.24. The Morgan fingerprint density at radius 1 is 1.50 bits per heavy atom. The summed E-state index contributed by atoms with van der Waals surface area (Å²) >= 11 is -2.78. The molecule has 0 bridgehead atoms. The molecule has 0 aromatic heterocycles. The summed E-state index contributed by atoms with van der Waals surface area (Å²) in [7, 11) is -3.34. The second-order valence-electron chi connectivity index (χ2n) is 2.48. The van der Waals surface area contributed by atoms with Gasteiger partial charge >= 0.3 is 0 Å². The molecule has 1 fully saturated rings. The molecule has 1 saturated heterocycles. The summed E-state index contributed by atoms with van der Waals surface area (Å²) in [6.07, 6.45) is -2.39. The maximum Gasteiger partial charge on any atom is 0.155 e. The Morgan fingerprint density at radius 3 is 2.42 bits per heavy atom. The lowest BCUT2D eigenvalue weighted by molar-refractivity contribution is 0.0758. The lowest BCUT2D eigenvalue weighted by Crippen LogP contribution is -2.27. The largest absolute Gasteiger partial charge is 0.750 e. The molecule has 0 radical (unpaired) electrons. The van der Waals surface area contributed by atoms with Crippen molar-refractivity contribution >= 4 is 21.2 Å². The van der Waals surface area contributed by atoms with Gasteiger partial charge in [-0.2, -0.15) is 0 Å². The van der Waals surface area contributed by atoms with E-state index in [4.69, 9.17) is 5.11 Å². The van der Waals surface area contributed by atoms with Crippen LogP contribution in [-0.4, -0.2) is 46.0 Å². The van der Waals surface area contributed by atoms with Crippen molar-refractivity contribution in [3.05, 3.63) is 0 Å². The first-order chi connectivity index (χ1) is 5.41. The molecule has 0 aromatic carbocycles. The smallest absolute Gasteiger partial charge is 0.155 e. The molecule has 1 N–H and O–H groups in total. The van der Waals surface area contributed by atoms with Crippen LogP contribution in [0.25, 0.3) is 0 Å². The monoisotopic (exact) mass is 215 g/mol. The van der Waals surface area contributed by atoms with Gasteiger partial charge in [-0.15, -0.1) is 0 Å². The van der Waals surface area contributed by atoms with Crippen molar-refractivity contribution in [2.24, 2.45) is 0 Å². The summed E-state index contributed by atoms with van der Waals surface area (Å²) in [6.45, 7) is 0. The summed E-state index contributed by atoms with van der Waals surface area (Å²) in [4.78, 5) is 0. The topological polar surface area (TPSA) is 104 Å². The molecule has 12 heavy (non-hydrogen) atoms. The van der Waals surface area contributed by atoms with Gasteiger partial charge in [0.15, 0.2) is 9.84 Å². The molecule has 0 spiro atoms. The first kappa shape index (κ1) is 10.1. The number of sulfone groups is 1. The standard InChI is InChI=1S/C4H8O6S2/c5-3-1-12(8,9)2-4(3)10-11(6)7/h3-5H,1-2H2,(H,6,7)/p-1. The molecule has 0 amide bonds. The normalized spacial score (nSPS) is 36.5. The van der Waals surface area contributed by atoms with E-state index < -0.39 is 44.9 Å². The fraction of sp³-hybridized carbons (Fsp3) is 1.00. The van der Waals surface area contributed by atoms with Crippen molar-refractivity contribution < 1.29 is 26.5 Å². The average molecular weight is 215 g/mol. The number of rotatable bonds is 2. The van der Waals surface area contributed by atoms with E-state index >= 15 is 0 Å². The zero-order valence-corrected chi connectivity index (χ0v) is 7.51. The highest BCUT2D eigenvalue weighted by Crippen LogP contribution is 2.16. The molecular formula is C4H7O6S2-. The van der Waals surface area contributed by atoms with E-state index in [1.807, 2.05) is 0 Å². The van der Waals surface area contributed by atoms with Gasteiger partial charge < -0.3 is 9.66 Å². The van der Waals surface area contributed by atoms with Crippen molar-refractivity contribution in [2.45, 2.75) is 12.2 Å². The predicted molar refractivity (Wildman–Crippen MR) is 38.5 cm³/mol. The van der Waals surface area contributed by atoms with Crippen LogP contribution < -0.4 is 0 Å². The van der Waals surface area contributed by atoms with E-state index in [9.17, 15) is 17.2 Å². The van der Waals surface area contributed by atoms with Crippen molar-refractivity contribution in [1.29, 1.82) is 0 Å². The molecule has 8 heteroatoms. The Bertz CT molecular complexity index is 282. The van der Waals surface area contributed by atoms with Crippen LogP contribution in [0.15, 0.2) is 0 Å². The molecule has 0 aliphatic carbocycles. The molecular weight excluding hydrogens is 208 g/mol. The first-order valence-corrected chi connectivity index (χ1v) is 5.88. The van der Waals surface area contributed by atoms with E-state index in [2.05, 4.69) is 4.18 Å². The van der Waals surface area contributed by atoms with Crippen molar-refractivity contribution in [2.75, 3.05) is 11.5 Å². The molecule has 1 heterocycles. The highest BCUT2D eigenvalue weighted by molar-refractivity contribution is 7.91. The van der Waals surface area contributed by atoms with Gasteiger partial charge in [0.25, 0.3) is 0 Å². The Morgan fingerprint density at radius 2 is 2.08 bits per heavy atom.